The summed E-state index contributed by atoms with van der Waals surface area (Å²) in [7, 11) is 1.03. The van der Waals surface area contributed by atoms with Crippen molar-refractivity contribution >= 4 is 106 Å². The average Bonchev–Trinajstić information content (AvgIpc) is 1.75. The molecule has 0 unspecified atom stereocenters. The van der Waals surface area contributed by atoms with Crippen molar-refractivity contribution in [1.82, 2.24) is 63.5 Å². The van der Waals surface area contributed by atoms with Crippen LogP contribution in [-0.4, -0.2) is 195 Å². The Kier molecular flexibility index (Phi) is 33.1. The minimum atomic E-state index is -1.85. The average molecular weight is 1390 g/mol. The van der Waals surface area contributed by atoms with Gasteiger partial charge in [0.1, 0.15) is 53.5 Å². The van der Waals surface area contributed by atoms with Gasteiger partial charge < -0.3 is 87.9 Å². The van der Waals surface area contributed by atoms with Gasteiger partial charge >= 0.3 is 18.2 Å². The maximum absolute atomic E-state index is 15.2. The molecule has 31 heteroatoms. The van der Waals surface area contributed by atoms with Crippen molar-refractivity contribution in [3.63, 3.8) is 0 Å². The Morgan fingerprint density at radius 1 is 0.474 bits per heavy atom. The van der Waals surface area contributed by atoms with Crippen LogP contribution in [-0.2, 0) is 81.4 Å². The molecule has 10 atom stereocenters. The van der Waals surface area contributed by atoms with Gasteiger partial charge in [0.15, 0.2) is 6.04 Å². The third kappa shape index (κ3) is 29.9. The van der Waals surface area contributed by atoms with Crippen LogP contribution >= 0.6 is 23.5 Å². The number of aromatic amines is 1. The highest BCUT2D eigenvalue weighted by molar-refractivity contribution is 7.99. The van der Waals surface area contributed by atoms with E-state index >= 15 is 9.59 Å². The van der Waals surface area contributed by atoms with Crippen LogP contribution in [0.3, 0.4) is 0 Å². The highest BCUT2D eigenvalue weighted by Crippen LogP contribution is 2.21. The number of fused-ring (bicyclic) bond motifs is 1. The molecule has 14 N–H and O–H groups in total. The monoisotopic (exact) mass is 1390 g/mol. The molecule has 29 nitrogen and oxygen atoms in total. The van der Waals surface area contributed by atoms with Crippen molar-refractivity contribution in [2.24, 2.45) is 0 Å². The second-order valence-electron chi connectivity index (χ2n) is 24.8. The number of unbranched alkanes of at least 4 members (excludes halogenated alkanes) is 1. The number of hydrogen-bond donors (Lipinski definition) is 14. The molecule has 532 valence electrons. The molecule has 4 aromatic rings. The first-order chi connectivity index (χ1) is 45.7. The zero-order valence-corrected chi connectivity index (χ0v) is 58.2. The molecule has 1 heterocycles. The molecule has 11 amide bonds. The van der Waals surface area contributed by atoms with Gasteiger partial charge in [0.2, 0.25) is 53.2 Å². The lowest BCUT2D eigenvalue weighted by molar-refractivity contribution is -0.148. The predicted octanol–water partition coefficient (Wildman–Crippen LogP) is 1.77. The fourth-order valence-corrected chi connectivity index (χ4v) is 11.1. The number of hydrogen-bond acceptors (Lipinski definition) is 19. The van der Waals surface area contributed by atoms with Crippen molar-refractivity contribution in [1.29, 1.82) is 0 Å². The molecule has 0 fully saturated rings. The number of aliphatic hydroxyl groups is 2. The summed E-state index contributed by atoms with van der Waals surface area (Å²) in [6.07, 6.45) is -3.44. The summed E-state index contributed by atoms with van der Waals surface area (Å²) < 4.78 is 15.6. The quantitative estimate of drug-likeness (QED) is 0.0132. The number of benzene rings is 3. The van der Waals surface area contributed by atoms with E-state index in [9.17, 15) is 58.2 Å². The van der Waals surface area contributed by atoms with E-state index in [0.717, 1.165) is 30.6 Å². The number of H-pyrrole nitrogens is 1. The van der Waals surface area contributed by atoms with Gasteiger partial charge in [-0.15, -0.1) is 23.5 Å². The Morgan fingerprint density at radius 3 is 1.38 bits per heavy atom. The second-order valence-corrected chi connectivity index (χ2v) is 26.9. The molecule has 0 spiro atoms. The van der Waals surface area contributed by atoms with Crippen LogP contribution in [0.2, 0.25) is 0 Å². The van der Waals surface area contributed by atoms with Crippen LogP contribution in [0.1, 0.15) is 105 Å². The van der Waals surface area contributed by atoms with E-state index in [1.54, 1.807) is 133 Å². The van der Waals surface area contributed by atoms with E-state index in [0.29, 0.717) is 27.6 Å². The first-order valence-electron chi connectivity index (χ1n) is 31.5. The van der Waals surface area contributed by atoms with Crippen molar-refractivity contribution in [3.05, 3.63) is 108 Å². The highest BCUT2D eigenvalue weighted by atomic mass is 32.2. The van der Waals surface area contributed by atoms with Crippen LogP contribution in [0.15, 0.2) is 91.1 Å². The lowest BCUT2D eigenvalue weighted by Gasteiger charge is -2.29. The maximum Gasteiger partial charge on any atom is 0.408 e. The topological polar surface area (TPSA) is 421 Å². The smallest absolute Gasteiger partial charge is 0.408 e. The zero-order chi connectivity index (χ0) is 72.0. The number of methoxy groups -OCH3 is 1. The fraction of sp³-hybridized carbons (Fsp3) is 0.515. The minimum Gasteiger partial charge on any atom is -0.467 e. The number of amides is 11. The largest absolute Gasteiger partial charge is 0.467 e. The van der Waals surface area contributed by atoms with Crippen molar-refractivity contribution in [3.8, 4) is 0 Å². The van der Waals surface area contributed by atoms with Gasteiger partial charge in [-0.25, -0.2) is 14.4 Å². The zero-order valence-electron chi connectivity index (χ0n) is 56.5. The number of carbonyl (C=O) groups is 12. The normalized spacial score (nSPS) is 14.4. The van der Waals surface area contributed by atoms with Gasteiger partial charge in [-0.2, -0.15) is 0 Å². The lowest BCUT2D eigenvalue weighted by atomic mass is 10.0. The Bertz CT molecular complexity index is 3290. The van der Waals surface area contributed by atoms with Crippen LogP contribution in [0.25, 0.3) is 10.9 Å². The number of ether oxygens (including phenoxy) is 3. The SMILES string of the molecule is COC(=O)[C@@H](NC(=O)[C@H](CSCNC(C)=O)NC(=O)[C@@H](NC(=O)[C@H](CCCCNC(=O)OC(C)(C)C)NC(=O)[C@@H](Cc1c[nH]c2ccccc12)NC(=O)[C@H](Cc1ccccc1)NC(=O)[C@H](CSCNC(C)=O)NC(=O)[C@@H](Cc1ccccc1)NC(=O)OC(C)(C)C)[C@@H](C)O)[C@@H](C)O. The van der Waals surface area contributed by atoms with E-state index < -0.39 is 137 Å². The number of aliphatic hydroxyl groups excluding tert-OH is 2. The van der Waals surface area contributed by atoms with Gasteiger partial charge in [-0.05, 0) is 97.4 Å². The Hall–Kier alpha value is -8.94. The van der Waals surface area contributed by atoms with E-state index in [1.807, 2.05) is 0 Å². The summed E-state index contributed by atoms with van der Waals surface area (Å²) in [5.74, 6) is -8.86. The Labute approximate surface area is 572 Å². The summed E-state index contributed by atoms with van der Waals surface area (Å²) in [6.45, 7) is 15.0. The second kappa shape index (κ2) is 39.9. The number of esters is 1. The van der Waals surface area contributed by atoms with Crippen LogP contribution < -0.4 is 58.5 Å². The molecule has 1 aromatic heterocycles. The Morgan fingerprint density at radius 2 is 0.887 bits per heavy atom. The minimum absolute atomic E-state index is 0.0121. The van der Waals surface area contributed by atoms with Gasteiger partial charge in [-0.3, -0.25) is 43.2 Å². The summed E-state index contributed by atoms with van der Waals surface area (Å²) in [5.41, 5.74) is 0.654. The van der Waals surface area contributed by atoms with E-state index in [1.165, 1.54) is 27.7 Å². The summed E-state index contributed by atoms with van der Waals surface area (Å²) in [5, 5.41) is 50.9. The number of para-hydroxylation sites is 1. The van der Waals surface area contributed by atoms with Crippen LogP contribution in [0.4, 0.5) is 9.59 Å². The molecule has 0 bridgehead atoms. The molecule has 0 saturated carbocycles. The fourth-order valence-electron chi connectivity index (χ4n) is 9.34. The number of alkyl carbamates (subject to hydrolysis) is 2. The van der Waals surface area contributed by atoms with Gasteiger partial charge in [0.05, 0.1) is 31.1 Å². The molecule has 0 radical (unpaired) electrons. The third-order valence-electron chi connectivity index (χ3n) is 14.1. The standard InChI is InChI=1S/C66H94N12O17S2/c1-38(79)53(61(89)75-52(35-97-37-70-41(4)82)60(88)78-54(39(2)80)62(90)93-11)77-55(83)47(28-20-21-29-67-63(91)94-65(5,6)7)71-58(86)50(32-44-33-68-46-27-19-18-26-45(44)46)73-56(84)48(30-42-22-14-12-15-23-42)72-59(87)51(34-96-36-69-40(3)81)74-57(85)49(31-43-24-16-13-17-25-43)76-64(92)95-66(8,9)10/h12-19,22-27,33,38-39,47-54,68,79-80H,20-21,28-32,34-37H2,1-11H3,(H,67,91)(H,69,81)(H,70,82)(H,71,86)(H,72,87)(H,73,84)(H,74,85)(H,75,89)(H,76,92)(H,77,83)(H,78,88)/t38-,39-,47+,48+,49-,50-,51+,52+,53+,54+/m1/s1. The molecule has 0 aliphatic carbocycles. The summed E-state index contributed by atoms with van der Waals surface area (Å²) in [4.78, 5) is 168. The predicted molar refractivity (Wildman–Crippen MR) is 365 cm³/mol. The number of rotatable bonds is 37. The first kappa shape index (κ1) is 80.5. The van der Waals surface area contributed by atoms with Crippen molar-refractivity contribution < 1.29 is 82.0 Å². The molecule has 0 aliphatic rings. The number of carbonyl (C=O) groups excluding carboxylic acids is 12. The van der Waals surface area contributed by atoms with Crippen molar-refractivity contribution in [2.75, 3.05) is 36.9 Å². The molecule has 97 heavy (non-hydrogen) atoms. The maximum atomic E-state index is 15.2. The molecular weight excluding hydrogens is 1300 g/mol. The van der Waals surface area contributed by atoms with Crippen LogP contribution in [0.5, 0.6) is 0 Å². The third-order valence-corrected chi connectivity index (χ3v) is 16.0. The Balaban J connectivity index is 1.77. The van der Waals surface area contributed by atoms with Crippen molar-refractivity contribution in [2.45, 2.75) is 180 Å². The number of thioether (sulfide) groups is 2. The van der Waals surface area contributed by atoms with Crippen LogP contribution in [0, 0.1) is 0 Å². The molecule has 0 aliphatic heterocycles. The van der Waals surface area contributed by atoms with Gasteiger partial charge in [-0.1, -0.05) is 78.9 Å². The molecule has 4 rings (SSSR count). The summed E-state index contributed by atoms with van der Waals surface area (Å²) >= 11 is 2.06. The van der Waals surface area contributed by atoms with E-state index in [-0.39, 0.29) is 74.2 Å². The van der Waals surface area contributed by atoms with E-state index in [2.05, 4.69) is 63.5 Å². The first-order valence-corrected chi connectivity index (χ1v) is 33.8. The lowest BCUT2D eigenvalue weighted by Crippen LogP contribution is -2.62. The molecule has 0 saturated heterocycles. The highest BCUT2D eigenvalue weighted by Gasteiger charge is 2.38. The van der Waals surface area contributed by atoms with Gasteiger partial charge in [0, 0.05) is 68.3 Å². The summed E-state index contributed by atoms with van der Waals surface area (Å²) in [6, 6.07) is 12.2. The van der Waals surface area contributed by atoms with Gasteiger partial charge in [0.25, 0.3) is 0 Å². The van der Waals surface area contributed by atoms with E-state index in [4.69, 9.17) is 14.2 Å². The molecular formula is C66H94N12O17S2. The molecule has 3 aromatic carbocycles. The number of nitrogens with one attached hydrogen (secondary N) is 12. The number of aromatic nitrogens is 1.